The van der Waals surface area contributed by atoms with Crippen LogP contribution in [-0.4, -0.2) is 38.0 Å². The number of para-hydroxylation sites is 1. The Kier molecular flexibility index (Phi) is 5.67. The number of nitrogens with one attached hydrogen (secondary N) is 1. The molecule has 8 nitrogen and oxygen atoms in total. The number of carbonyl (C=O) groups is 2. The quantitative estimate of drug-likeness (QED) is 0.443. The zero-order valence-electron chi connectivity index (χ0n) is 18.5. The standard InChI is InChI=1S/C25H22FN5O3/c1-16-14-22(31(28-16)19-12-10-17(26)11-13-19)27-23(32)15-34-25(33)24-20-8-5-9-21(20)30(29-24)18-6-3-2-4-7-18/h2-4,6-7,10-14H,5,8-9,15H2,1H3,(H,27,32). The molecule has 0 radical (unpaired) electrons. The lowest BCUT2D eigenvalue weighted by atomic mass is 10.2. The van der Waals surface area contributed by atoms with Gasteiger partial charge in [0.2, 0.25) is 0 Å². The number of ether oxygens (including phenoxy) is 1. The number of hydrogen-bond acceptors (Lipinski definition) is 5. The molecule has 0 fully saturated rings. The summed E-state index contributed by atoms with van der Waals surface area (Å²) in [4.78, 5) is 25.3. The monoisotopic (exact) mass is 459 g/mol. The van der Waals surface area contributed by atoms with Crippen LogP contribution in [0.1, 0.15) is 33.9 Å². The minimum absolute atomic E-state index is 0.247. The number of hydrogen-bond donors (Lipinski definition) is 1. The Hall–Kier alpha value is -4.27. The van der Waals surface area contributed by atoms with Crippen molar-refractivity contribution in [1.82, 2.24) is 19.6 Å². The summed E-state index contributed by atoms with van der Waals surface area (Å²) in [6.07, 6.45) is 2.51. The first-order chi connectivity index (χ1) is 16.5. The Bertz CT molecular complexity index is 1360. The van der Waals surface area contributed by atoms with Crippen molar-refractivity contribution in [3.63, 3.8) is 0 Å². The van der Waals surface area contributed by atoms with Gasteiger partial charge < -0.3 is 10.1 Å². The predicted molar refractivity (Wildman–Crippen MR) is 123 cm³/mol. The Morgan fingerprint density at radius 2 is 1.74 bits per heavy atom. The molecule has 1 amide bonds. The molecule has 9 heteroatoms. The van der Waals surface area contributed by atoms with Crippen LogP contribution in [0.2, 0.25) is 0 Å². The second-order valence-corrected chi connectivity index (χ2v) is 8.06. The molecule has 0 unspecified atom stereocenters. The van der Waals surface area contributed by atoms with Crippen molar-refractivity contribution < 1.29 is 18.7 Å². The highest BCUT2D eigenvalue weighted by Crippen LogP contribution is 2.28. The highest BCUT2D eigenvalue weighted by molar-refractivity contribution is 5.95. The summed E-state index contributed by atoms with van der Waals surface area (Å²) < 4.78 is 21.8. The summed E-state index contributed by atoms with van der Waals surface area (Å²) in [5.74, 6) is -1.13. The zero-order chi connectivity index (χ0) is 23.7. The van der Waals surface area contributed by atoms with Gasteiger partial charge in [0.15, 0.2) is 12.3 Å². The molecule has 172 valence electrons. The number of aromatic nitrogens is 4. The number of anilines is 1. The first kappa shape index (κ1) is 21.6. The van der Waals surface area contributed by atoms with Crippen molar-refractivity contribution in [1.29, 1.82) is 0 Å². The molecule has 0 atom stereocenters. The second-order valence-electron chi connectivity index (χ2n) is 8.06. The van der Waals surface area contributed by atoms with E-state index in [9.17, 15) is 14.0 Å². The van der Waals surface area contributed by atoms with E-state index >= 15 is 0 Å². The molecular weight excluding hydrogens is 437 g/mol. The molecule has 5 rings (SSSR count). The average molecular weight is 459 g/mol. The van der Waals surface area contributed by atoms with Crippen LogP contribution in [0.5, 0.6) is 0 Å². The number of rotatable bonds is 6. The van der Waals surface area contributed by atoms with Crippen molar-refractivity contribution in [3.05, 3.63) is 89.1 Å². The summed E-state index contributed by atoms with van der Waals surface area (Å²) in [7, 11) is 0. The largest absolute Gasteiger partial charge is 0.451 e. The number of fused-ring (bicyclic) bond motifs is 1. The van der Waals surface area contributed by atoms with Crippen LogP contribution in [0.4, 0.5) is 10.2 Å². The normalized spacial score (nSPS) is 12.4. The molecule has 34 heavy (non-hydrogen) atoms. The van der Waals surface area contributed by atoms with Crippen molar-refractivity contribution in [2.45, 2.75) is 26.2 Å². The van der Waals surface area contributed by atoms with Gasteiger partial charge in [0.05, 0.1) is 17.1 Å². The fourth-order valence-electron chi connectivity index (χ4n) is 4.13. The number of carbonyl (C=O) groups excluding carboxylic acids is 2. The molecule has 2 aromatic heterocycles. The Morgan fingerprint density at radius 3 is 2.50 bits per heavy atom. The van der Waals surface area contributed by atoms with Crippen molar-refractivity contribution in [2.24, 2.45) is 0 Å². The number of nitrogens with zero attached hydrogens (tertiary/aromatic N) is 4. The van der Waals surface area contributed by atoms with Crippen molar-refractivity contribution >= 4 is 17.7 Å². The Morgan fingerprint density at radius 1 is 1.00 bits per heavy atom. The summed E-state index contributed by atoms with van der Waals surface area (Å²) >= 11 is 0. The van der Waals surface area contributed by atoms with Gasteiger partial charge in [-0.25, -0.2) is 18.5 Å². The van der Waals surface area contributed by atoms with E-state index in [2.05, 4.69) is 15.5 Å². The molecule has 2 heterocycles. The third-order valence-corrected chi connectivity index (χ3v) is 5.63. The summed E-state index contributed by atoms with van der Waals surface area (Å²) in [5.41, 5.74) is 4.25. The van der Waals surface area contributed by atoms with E-state index in [-0.39, 0.29) is 11.5 Å². The summed E-state index contributed by atoms with van der Waals surface area (Å²) in [5, 5.41) is 11.5. The van der Waals surface area contributed by atoms with Gasteiger partial charge in [-0.2, -0.15) is 10.2 Å². The van der Waals surface area contributed by atoms with Crippen LogP contribution in [-0.2, 0) is 22.4 Å². The van der Waals surface area contributed by atoms with Crippen LogP contribution >= 0.6 is 0 Å². The summed E-state index contributed by atoms with van der Waals surface area (Å²) in [6, 6.07) is 17.0. The fourth-order valence-corrected chi connectivity index (χ4v) is 4.13. The van der Waals surface area contributed by atoms with Crippen LogP contribution in [0.15, 0.2) is 60.7 Å². The maximum Gasteiger partial charge on any atom is 0.359 e. The minimum atomic E-state index is -0.633. The minimum Gasteiger partial charge on any atom is -0.451 e. The van der Waals surface area contributed by atoms with E-state index in [0.717, 1.165) is 36.2 Å². The molecule has 1 aliphatic rings. The molecule has 1 N–H and O–H groups in total. The first-order valence-corrected chi connectivity index (χ1v) is 11.0. The van der Waals surface area contributed by atoms with Gasteiger partial charge in [0.25, 0.3) is 5.91 Å². The van der Waals surface area contributed by atoms with Gasteiger partial charge in [-0.05, 0) is 62.6 Å². The highest BCUT2D eigenvalue weighted by atomic mass is 19.1. The topological polar surface area (TPSA) is 91.0 Å². The lowest BCUT2D eigenvalue weighted by Gasteiger charge is -2.09. The van der Waals surface area contributed by atoms with Gasteiger partial charge >= 0.3 is 5.97 Å². The molecule has 0 spiro atoms. The third kappa shape index (κ3) is 4.19. The predicted octanol–water partition coefficient (Wildman–Crippen LogP) is 3.79. The van der Waals surface area contributed by atoms with Crippen molar-refractivity contribution in [2.75, 3.05) is 11.9 Å². The second kappa shape index (κ2) is 8.93. The molecule has 0 bridgehead atoms. The van der Waals surface area contributed by atoms with Crippen LogP contribution in [0.3, 0.4) is 0 Å². The van der Waals surface area contributed by atoms with Gasteiger partial charge in [-0.1, -0.05) is 18.2 Å². The summed E-state index contributed by atoms with van der Waals surface area (Å²) in [6.45, 7) is 1.30. The Labute approximate surface area is 195 Å². The molecule has 0 aliphatic heterocycles. The molecule has 2 aromatic carbocycles. The van der Waals surface area contributed by atoms with Crippen LogP contribution in [0, 0.1) is 12.7 Å². The molecular formula is C25H22FN5O3. The molecule has 0 saturated heterocycles. The van der Waals surface area contributed by atoms with Crippen LogP contribution in [0.25, 0.3) is 11.4 Å². The van der Waals surface area contributed by atoms with E-state index in [1.54, 1.807) is 29.8 Å². The SMILES string of the molecule is Cc1cc(NC(=O)COC(=O)c2nn(-c3ccccc3)c3c2CCC3)n(-c2ccc(F)cc2)n1. The lowest BCUT2D eigenvalue weighted by molar-refractivity contribution is -0.119. The third-order valence-electron chi connectivity index (χ3n) is 5.63. The number of halogens is 1. The maximum absolute atomic E-state index is 13.3. The van der Waals surface area contributed by atoms with Gasteiger partial charge in [0, 0.05) is 17.3 Å². The number of aryl methyl sites for hydroxylation is 1. The first-order valence-electron chi connectivity index (χ1n) is 11.0. The van der Waals surface area contributed by atoms with E-state index in [1.807, 2.05) is 30.3 Å². The number of amides is 1. The van der Waals surface area contributed by atoms with E-state index in [1.165, 1.54) is 16.8 Å². The average Bonchev–Trinajstić information content (AvgIpc) is 3.54. The fraction of sp³-hybridized carbons (Fsp3) is 0.200. The molecule has 1 aliphatic carbocycles. The van der Waals surface area contributed by atoms with E-state index < -0.39 is 18.5 Å². The zero-order valence-corrected chi connectivity index (χ0v) is 18.5. The van der Waals surface area contributed by atoms with Gasteiger partial charge in [-0.3, -0.25) is 4.79 Å². The number of esters is 1. The van der Waals surface area contributed by atoms with E-state index in [0.29, 0.717) is 17.2 Å². The number of benzene rings is 2. The van der Waals surface area contributed by atoms with E-state index in [4.69, 9.17) is 4.74 Å². The van der Waals surface area contributed by atoms with Crippen LogP contribution < -0.4 is 5.32 Å². The lowest BCUT2D eigenvalue weighted by Crippen LogP contribution is -2.23. The maximum atomic E-state index is 13.3. The highest BCUT2D eigenvalue weighted by Gasteiger charge is 2.28. The van der Waals surface area contributed by atoms with Gasteiger partial charge in [-0.15, -0.1) is 0 Å². The van der Waals surface area contributed by atoms with Crippen molar-refractivity contribution in [3.8, 4) is 11.4 Å². The molecule has 4 aromatic rings. The smallest absolute Gasteiger partial charge is 0.359 e. The Balaban J connectivity index is 1.29. The molecule has 0 saturated carbocycles. The van der Waals surface area contributed by atoms with Gasteiger partial charge in [0.1, 0.15) is 11.6 Å².